The first-order valence-electron chi connectivity index (χ1n) is 23.5. The fraction of sp³-hybridized carbons (Fsp3) is 0.519. The van der Waals surface area contributed by atoms with E-state index in [-0.39, 0.29) is 28.1 Å². The van der Waals surface area contributed by atoms with Gasteiger partial charge in [-0.15, -0.1) is 0 Å². The molecule has 4 aromatic rings. The Bertz CT molecular complexity index is 2650. The van der Waals surface area contributed by atoms with Gasteiger partial charge >= 0.3 is 0 Å². The number of carbonyl (C=O) groups is 2. The third-order valence-corrected chi connectivity index (χ3v) is 14.3. The number of hydrogen-bond donors (Lipinski definition) is 2. The van der Waals surface area contributed by atoms with Gasteiger partial charge in [-0.25, -0.2) is 16.8 Å². The molecule has 0 saturated carbocycles. The maximum atomic E-state index is 13.3. The van der Waals surface area contributed by atoms with Gasteiger partial charge in [-0.1, -0.05) is 132 Å². The van der Waals surface area contributed by atoms with Crippen LogP contribution in [-0.2, 0) is 77.0 Å². The van der Waals surface area contributed by atoms with Crippen molar-refractivity contribution in [1.29, 1.82) is 0 Å². The van der Waals surface area contributed by atoms with Gasteiger partial charge in [0, 0.05) is 37.2 Å². The number of amides is 2. The maximum Gasteiger partial charge on any atom is 0.271 e. The lowest BCUT2D eigenvalue weighted by molar-refractivity contribution is -0.122. The second-order valence-corrected chi connectivity index (χ2v) is 27.4. The Morgan fingerprint density at radius 3 is 0.986 bits per heavy atom. The molecule has 0 unspecified atom stereocenters. The fourth-order valence-corrected chi connectivity index (χ4v) is 10.2. The maximum absolute atomic E-state index is 13.3. The lowest BCUT2D eigenvalue weighted by atomic mass is 9.79. The minimum atomic E-state index is -3.89. The van der Waals surface area contributed by atoms with Crippen LogP contribution in [0.1, 0.15) is 150 Å². The molecule has 0 spiro atoms. The summed E-state index contributed by atoms with van der Waals surface area (Å²) in [6.07, 6.45) is 3.17. The molecule has 2 amide bonds. The van der Waals surface area contributed by atoms with Crippen LogP contribution >= 0.6 is 11.8 Å². The SMILES string of the molecule is CC(C)(C)c1cc2c3c(c1)Cc1cc(C(C)(C)C)cc(c1OCC(=O)NS(C)(=O)=O)Cc1cc(C(C)(C)C)cc(c1OCC(=O)NS(C)(=O)=O)Cc1cc(C(C)(C)C)cc(c1OCCSCCO3)C2. The van der Waals surface area contributed by atoms with Gasteiger partial charge in [0.1, 0.15) is 23.0 Å². The highest BCUT2D eigenvalue weighted by Crippen LogP contribution is 2.44. The molecule has 2 N–H and O–H groups in total. The molecular formula is C54H72N2O10S3. The first-order chi connectivity index (χ1) is 31.7. The van der Waals surface area contributed by atoms with E-state index in [0.717, 1.165) is 91.2 Å². The number of ether oxygens (including phenoxy) is 4. The molecule has 69 heavy (non-hydrogen) atoms. The number of rotatable bonds is 8. The standard InChI is InChI=1S/C54H72N2O10S3/c1-51(2,3)41-23-33-19-34-24-42(52(4,5)6)26-36-21-38-28-44(54(10,11)12)30-40(50(38)66-32-46(58)56-69(14,61)62)22-39-29-43(53(7,8)9)27-37(49(39)65-31-45(57)55-68(13,59)60)20-35(25-41)47(33)63-15-17-67-18-16-64-48(34)36/h23-30H,15-22,31-32H2,1-14H3,(H,55,57)(H,56,58). The van der Waals surface area contributed by atoms with E-state index in [1.54, 1.807) is 11.8 Å². The van der Waals surface area contributed by atoms with Crippen LogP contribution < -0.4 is 28.4 Å². The first-order valence-corrected chi connectivity index (χ1v) is 28.4. The van der Waals surface area contributed by atoms with Gasteiger partial charge in [-0.3, -0.25) is 19.0 Å². The van der Waals surface area contributed by atoms with Crippen molar-refractivity contribution in [3.63, 3.8) is 0 Å². The number of nitrogens with one attached hydrogen (secondary N) is 2. The van der Waals surface area contributed by atoms with Crippen LogP contribution in [-0.4, -0.2) is 79.1 Å². The van der Waals surface area contributed by atoms with Crippen LogP contribution in [0.25, 0.3) is 0 Å². The lowest BCUT2D eigenvalue weighted by Crippen LogP contribution is -2.33. The molecule has 15 heteroatoms. The topological polar surface area (TPSA) is 163 Å². The van der Waals surface area contributed by atoms with E-state index < -0.39 is 45.1 Å². The van der Waals surface area contributed by atoms with E-state index >= 15 is 0 Å². The molecule has 0 saturated heterocycles. The summed E-state index contributed by atoms with van der Waals surface area (Å²) in [5, 5.41) is 0. The molecule has 0 atom stereocenters. The molecule has 376 valence electrons. The van der Waals surface area contributed by atoms with Gasteiger partial charge in [-0.2, -0.15) is 11.8 Å². The van der Waals surface area contributed by atoms with Gasteiger partial charge in [0.05, 0.1) is 25.7 Å². The van der Waals surface area contributed by atoms with Crippen molar-refractivity contribution in [3.8, 4) is 23.0 Å². The van der Waals surface area contributed by atoms with Crippen LogP contribution in [0.2, 0.25) is 0 Å². The normalized spacial score (nSPS) is 15.0. The monoisotopic (exact) mass is 1000 g/mol. The first kappa shape index (κ1) is 53.6. The molecule has 10 bridgehead atoms. The predicted molar refractivity (Wildman–Crippen MR) is 277 cm³/mol. The van der Waals surface area contributed by atoms with E-state index in [1.165, 1.54) is 0 Å². The van der Waals surface area contributed by atoms with Crippen molar-refractivity contribution in [2.45, 2.75) is 130 Å². The quantitative estimate of drug-likeness (QED) is 0.153. The molecule has 1 aliphatic heterocycles. The highest BCUT2D eigenvalue weighted by Gasteiger charge is 2.30. The van der Waals surface area contributed by atoms with E-state index in [1.807, 2.05) is 0 Å². The number of benzene rings is 4. The zero-order valence-electron chi connectivity index (χ0n) is 43.0. The van der Waals surface area contributed by atoms with E-state index in [2.05, 4.69) is 141 Å². The second kappa shape index (κ2) is 20.2. The van der Waals surface area contributed by atoms with E-state index in [9.17, 15) is 26.4 Å². The second-order valence-electron chi connectivity index (χ2n) is 22.7. The van der Waals surface area contributed by atoms with Crippen molar-refractivity contribution in [1.82, 2.24) is 9.44 Å². The van der Waals surface area contributed by atoms with E-state index in [0.29, 0.717) is 55.1 Å². The molecular weight excluding hydrogens is 933 g/mol. The highest BCUT2D eigenvalue weighted by atomic mass is 32.2. The molecule has 2 aliphatic rings. The minimum Gasteiger partial charge on any atom is -0.492 e. The van der Waals surface area contributed by atoms with E-state index in [4.69, 9.17) is 18.9 Å². The summed E-state index contributed by atoms with van der Waals surface area (Å²) in [7, 11) is -7.79. The highest BCUT2D eigenvalue weighted by molar-refractivity contribution is 7.99. The molecule has 1 heterocycles. The summed E-state index contributed by atoms with van der Waals surface area (Å²) in [4.78, 5) is 26.6. The third-order valence-electron chi connectivity index (χ3n) is 12.2. The molecule has 6 rings (SSSR count). The fourth-order valence-electron chi connectivity index (χ4n) is 8.62. The number of fused-ring (bicyclic) bond motifs is 4. The Morgan fingerprint density at radius 1 is 0.478 bits per heavy atom. The molecule has 12 nitrogen and oxygen atoms in total. The average molecular weight is 1010 g/mol. The van der Waals surface area contributed by atoms with Crippen molar-refractivity contribution in [2.75, 3.05) is 50.4 Å². The van der Waals surface area contributed by atoms with Crippen LogP contribution in [0.3, 0.4) is 0 Å². The predicted octanol–water partition coefficient (Wildman–Crippen LogP) is 8.97. The summed E-state index contributed by atoms with van der Waals surface area (Å²) >= 11 is 1.75. The van der Waals surface area contributed by atoms with Crippen molar-refractivity contribution >= 4 is 43.6 Å². The van der Waals surface area contributed by atoms with Gasteiger partial charge in [0.15, 0.2) is 13.2 Å². The Hall–Kier alpha value is -4.73. The van der Waals surface area contributed by atoms with Gasteiger partial charge < -0.3 is 18.9 Å². The minimum absolute atomic E-state index is 0.185. The third kappa shape index (κ3) is 14.2. The average Bonchev–Trinajstić information content (AvgIpc) is 3.17. The summed E-state index contributed by atoms with van der Waals surface area (Å²) in [5.41, 5.74) is 9.73. The molecule has 0 radical (unpaired) electrons. The van der Waals surface area contributed by atoms with Crippen LogP contribution in [0, 0.1) is 0 Å². The number of carbonyl (C=O) groups excluding carboxylic acids is 2. The number of thioether (sulfide) groups is 1. The summed E-state index contributed by atoms with van der Waals surface area (Å²) in [6.45, 7) is 25.7. The number of sulfonamides is 2. The van der Waals surface area contributed by atoms with Crippen molar-refractivity contribution < 1.29 is 45.4 Å². The molecule has 1 aliphatic carbocycles. The Morgan fingerprint density at radius 2 is 0.725 bits per heavy atom. The van der Waals surface area contributed by atoms with Crippen LogP contribution in [0.15, 0.2) is 48.5 Å². The summed E-state index contributed by atoms with van der Waals surface area (Å²) in [6, 6.07) is 17.3. The largest absolute Gasteiger partial charge is 0.492 e. The summed E-state index contributed by atoms with van der Waals surface area (Å²) < 4.78 is 80.1. The van der Waals surface area contributed by atoms with Crippen molar-refractivity contribution in [3.05, 3.63) is 115 Å². The smallest absolute Gasteiger partial charge is 0.271 e. The number of hydrogen-bond acceptors (Lipinski definition) is 11. The zero-order valence-corrected chi connectivity index (χ0v) is 45.4. The molecule has 0 fully saturated rings. The Labute approximate surface area is 415 Å². The molecule has 0 aromatic heterocycles. The van der Waals surface area contributed by atoms with Crippen LogP contribution in [0.5, 0.6) is 23.0 Å². The molecule has 4 aromatic carbocycles. The van der Waals surface area contributed by atoms with Crippen molar-refractivity contribution in [2.24, 2.45) is 0 Å². The lowest BCUT2D eigenvalue weighted by Gasteiger charge is -2.29. The zero-order chi connectivity index (χ0) is 51.1. The van der Waals surface area contributed by atoms with Gasteiger partial charge in [0.25, 0.3) is 11.8 Å². The Balaban J connectivity index is 1.79. The Kier molecular flexibility index (Phi) is 15.7. The summed E-state index contributed by atoms with van der Waals surface area (Å²) in [5.74, 6) is 2.15. The van der Waals surface area contributed by atoms with Gasteiger partial charge in [0.2, 0.25) is 20.0 Å². The van der Waals surface area contributed by atoms with Crippen LogP contribution in [0.4, 0.5) is 0 Å². The van der Waals surface area contributed by atoms with Gasteiger partial charge in [-0.05, 0) is 88.4 Å².